The Morgan fingerprint density at radius 2 is 1.49 bits per heavy atom. The fraction of sp³-hybridized carbons (Fsp3) is 0.257. The maximum absolute atomic E-state index is 14.5. The molecule has 260 valence electrons. The summed E-state index contributed by atoms with van der Waals surface area (Å²) in [7, 11) is -4.64. The van der Waals surface area contributed by atoms with Gasteiger partial charge < -0.3 is 10.2 Å². The van der Waals surface area contributed by atoms with Gasteiger partial charge in [0.25, 0.3) is 10.0 Å². The van der Waals surface area contributed by atoms with Crippen molar-refractivity contribution < 1.29 is 31.2 Å². The fourth-order valence-electron chi connectivity index (χ4n) is 5.01. The molecule has 0 aliphatic rings. The number of hydrogen-bond acceptors (Lipinski definition) is 4. The molecule has 1 N–H and O–H groups in total. The van der Waals surface area contributed by atoms with E-state index in [4.69, 9.17) is 34.8 Å². The average molecular weight is 755 g/mol. The number of amides is 2. The highest BCUT2D eigenvalue weighted by Crippen LogP contribution is 2.38. The minimum atomic E-state index is -4.92. The number of aryl methyl sites for hydroxylation is 1. The number of rotatable bonds is 13. The molecule has 0 heterocycles. The van der Waals surface area contributed by atoms with Crippen LogP contribution in [0.25, 0.3) is 0 Å². The molecule has 0 unspecified atom stereocenters. The maximum Gasteiger partial charge on any atom is 0.417 e. The van der Waals surface area contributed by atoms with Crippen LogP contribution in [-0.2, 0) is 38.8 Å². The van der Waals surface area contributed by atoms with E-state index in [-0.39, 0.29) is 27.9 Å². The second-order valence-electron chi connectivity index (χ2n) is 11.3. The van der Waals surface area contributed by atoms with Crippen LogP contribution in [-0.4, -0.2) is 44.3 Å². The molecule has 4 rings (SSSR count). The summed E-state index contributed by atoms with van der Waals surface area (Å²) in [6.07, 6.45) is -4.27. The monoisotopic (exact) mass is 753 g/mol. The zero-order valence-corrected chi connectivity index (χ0v) is 29.6. The Kier molecular flexibility index (Phi) is 12.6. The standard InChI is InChI=1S/C35H33Cl3F3N3O4S/c1-3-17-42-34(46)32(19-24-7-5-4-6-8-24)43(21-25-11-15-30(37)31(38)18-25)33(45)22-44(49(47,48)27-13-9-23(2)10-14-27)26-12-16-29(36)28(20-26)35(39,40)41/h4-16,18,20,32H,3,17,19,21-22H2,1-2H3,(H,42,46)/t32-/m1/s1. The Balaban J connectivity index is 1.87. The summed E-state index contributed by atoms with van der Waals surface area (Å²) in [6.45, 7) is 2.74. The zero-order valence-electron chi connectivity index (χ0n) is 26.5. The molecule has 0 aliphatic carbocycles. The van der Waals surface area contributed by atoms with Gasteiger partial charge in [-0.2, -0.15) is 13.2 Å². The van der Waals surface area contributed by atoms with Crippen molar-refractivity contribution in [2.45, 2.75) is 50.3 Å². The number of anilines is 1. The minimum Gasteiger partial charge on any atom is -0.354 e. The largest absolute Gasteiger partial charge is 0.417 e. The van der Waals surface area contributed by atoms with Gasteiger partial charge in [-0.1, -0.05) is 95.8 Å². The Hall–Kier alpha value is -3.77. The van der Waals surface area contributed by atoms with Crippen LogP contribution in [0.5, 0.6) is 0 Å². The quantitative estimate of drug-likeness (QED) is 0.149. The first-order chi connectivity index (χ1) is 23.1. The number of alkyl halides is 3. The van der Waals surface area contributed by atoms with E-state index in [1.165, 1.54) is 41.3 Å². The first kappa shape index (κ1) is 38.0. The molecule has 0 saturated carbocycles. The van der Waals surface area contributed by atoms with Gasteiger partial charge in [0.15, 0.2) is 0 Å². The van der Waals surface area contributed by atoms with Crippen LogP contribution in [0.1, 0.15) is 35.6 Å². The molecule has 14 heteroatoms. The van der Waals surface area contributed by atoms with Crippen LogP contribution < -0.4 is 9.62 Å². The molecule has 0 aromatic heterocycles. The lowest BCUT2D eigenvalue weighted by Gasteiger charge is -2.34. The molecule has 0 radical (unpaired) electrons. The first-order valence-corrected chi connectivity index (χ1v) is 17.7. The second-order valence-corrected chi connectivity index (χ2v) is 14.3. The summed E-state index contributed by atoms with van der Waals surface area (Å²) in [4.78, 5) is 29.2. The molecule has 0 bridgehead atoms. The number of sulfonamides is 1. The van der Waals surface area contributed by atoms with Crippen LogP contribution in [0.15, 0.2) is 95.9 Å². The van der Waals surface area contributed by atoms with E-state index in [0.717, 1.165) is 17.7 Å². The van der Waals surface area contributed by atoms with Crippen molar-refractivity contribution in [3.63, 3.8) is 0 Å². The molecule has 0 aliphatic heterocycles. The molecular formula is C35H33Cl3F3N3O4S. The predicted molar refractivity (Wildman–Crippen MR) is 186 cm³/mol. The summed E-state index contributed by atoms with van der Waals surface area (Å²) in [5, 5.41) is 2.61. The van der Waals surface area contributed by atoms with Crippen molar-refractivity contribution in [2.24, 2.45) is 0 Å². The number of nitrogens with zero attached hydrogens (tertiary/aromatic N) is 2. The van der Waals surface area contributed by atoms with Gasteiger partial charge in [0, 0.05) is 19.5 Å². The van der Waals surface area contributed by atoms with Crippen molar-refractivity contribution in [2.75, 3.05) is 17.4 Å². The summed E-state index contributed by atoms with van der Waals surface area (Å²) in [6, 6.07) is 20.6. The van der Waals surface area contributed by atoms with Crippen molar-refractivity contribution in [3.05, 3.63) is 128 Å². The van der Waals surface area contributed by atoms with Crippen LogP contribution >= 0.6 is 34.8 Å². The number of benzene rings is 4. The van der Waals surface area contributed by atoms with Gasteiger partial charge >= 0.3 is 6.18 Å². The lowest BCUT2D eigenvalue weighted by Crippen LogP contribution is -2.53. The van der Waals surface area contributed by atoms with Crippen LogP contribution in [0.3, 0.4) is 0 Å². The summed E-state index contributed by atoms with van der Waals surface area (Å²) in [5.74, 6) is -1.37. The van der Waals surface area contributed by atoms with Crippen LogP contribution in [0, 0.1) is 6.92 Å². The summed E-state index contributed by atoms with van der Waals surface area (Å²) < 4.78 is 70.8. The highest BCUT2D eigenvalue weighted by molar-refractivity contribution is 7.92. The van der Waals surface area contributed by atoms with Crippen LogP contribution in [0.2, 0.25) is 15.1 Å². The van der Waals surface area contributed by atoms with Crippen molar-refractivity contribution in [3.8, 4) is 0 Å². The van der Waals surface area contributed by atoms with Crippen molar-refractivity contribution in [1.82, 2.24) is 10.2 Å². The van der Waals surface area contributed by atoms with E-state index >= 15 is 0 Å². The molecule has 1 atom stereocenters. The molecule has 2 amide bonds. The smallest absolute Gasteiger partial charge is 0.354 e. The van der Waals surface area contributed by atoms with Crippen molar-refractivity contribution in [1.29, 1.82) is 0 Å². The molecular weight excluding hydrogens is 722 g/mol. The van der Waals surface area contributed by atoms with Gasteiger partial charge in [-0.3, -0.25) is 13.9 Å². The van der Waals surface area contributed by atoms with E-state index in [1.54, 1.807) is 43.3 Å². The molecule has 7 nitrogen and oxygen atoms in total. The predicted octanol–water partition coefficient (Wildman–Crippen LogP) is 8.34. The Morgan fingerprint density at radius 3 is 2.10 bits per heavy atom. The first-order valence-electron chi connectivity index (χ1n) is 15.1. The molecule has 4 aromatic carbocycles. The van der Waals surface area contributed by atoms with Gasteiger partial charge in [-0.25, -0.2) is 8.42 Å². The number of carbonyl (C=O) groups excluding carboxylic acids is 2. The Labute approximate surface area is 298 Å². The Morgan fingerprint density at radius 1 is 0.837 bits per heavy atom. The third-order valence-electron chi connectivity index (χ3n) is 7.59. The molecule has 49 heavy (non-hydrogen) atoms. The number of halogens is 6. The topological polar surface area (TPSA) is 86.8 Å². The number of hydrogen-bond donors (Lipinski definition) is 1. The van der Waals surface area contributed by atoms with Crippen LogP contribution in [0.4, 0.5) is 18.9 Å². The van der Waals surface area contributed by atoms with Gasteiger partial charge in [0.2, 0.25) is 11.8 Å². The lowest BCUT2D eigenvalue weighted by atomic mass is 10.0. The third-order valence-corrected chi connectivity index (χ3v) is 10.4. The van der Waals surface area contributed by atoms with Gasteiger partial charge in [-0.15, -0.1) is 0 Å². The molecule has 0 saturated heterocycles. The maximum atomic E-state index is 14.5. The SMILES string of the molecule is CCCNC(=O)[C@@H](Cc1ccccc1)N(Cc1ccc(Cl)c(Cl)c1)C(=O)CN(c1ccc(Cl)c(C(F)(F)F)c1)S(=O)(=O)c1ccc(C)cc1. The van der Waals surface area contributed by atoms with Gasteiger partial charge in [-0.05, 0) is 66.9 Å². The second kappa shape index (κ2) is 16.3. The molecule has 0 fully saturated rings. The minimum absolute atomic E-state index is 0.0489. The van der Waals surface area contributed by atoms with Crippen molar-refractivity contribution >= 4 is 62.3 Å². The van der Waals surface area contributed by atoms with Gasteiger partial charge in [0.1, 0.15) is 12.6 Å². The number of nitrogens with one attached hydrogen (secondary N) is 1. The molecule has 4 aromatic rings. The Bertz CT molecular complexity index is 1890. The number of carbonyl (C=O) groups is 2. The average Bonchev–Trinajstić information content (AvgIpc) is 3.06. The lowest BCUT2D eigenvalue weighted by molar-refractivity contribution is -0.140. The fourth-order valence-corrected chi connectivity index (χ4v) is 6.96. The van der Waals surface area contributed by atoms with E-state index < -0.39 is 56.9 Å². The van der Waals surface area contributed by atoms with E-state index in [0.29, 0.717) is 34.5 Å². The van der Waals surface area contributed by atoms with E-state index in [1.807, 2.05) is 6.92 Å². The van der Waals surface area contributed by atoms with E-state index in [2.05, 4.69) is 5.32 Å². The van der Waals surface area contributed by atoms with E-state index in [9.17, 15) is 31.2 Å². The third kappa shape index (κ3) is 9.69. The molecule has 0 spiro atoms. The highest BCUT2D eigenvalue weighted by atomic mass is 35.5. The summed E-state index contributed by atoms with van der Waals surface area (Å²) >= 11 is 18.3. The van der Waals surface area contributed by atoms with Gasteiger partial charge in [0.05, 0.1) is 31.2 Å². The summed E-state index contributed by atoms with van der Waals surface area (Å²) in [5.41, 5.74) is 0.194. The highest BCUT2D eigenvalue weighted by Gasteiger charge is 2.37. The zero-order chi connectivity index (χ0) is 35.9. The normalized spacial score (nSPS) is 12.3.